The molecule has 1 aromatic heterocycles. The highest BCUT2D eigenvalue weighted by atomic mass is 16.2. The van der Waals surface area contributed by atoms with Crippen molar-refractivity contribution >= 4 is 28.8 Å². The molecular weight excluding hydrogens is 316 g/mol. The highest BCUT2D eigenvalue weighted by Gasteiger charge is 2.34. The third-order valence-corrected chi connectivity index (χ3v) is 4.43. The maximum absolute atomic E-state index is 12.5. The van der Waals surface area contributed by atoms with Gasteiger partial charge in [-0.2, -0.15) is 0 Å². The molecule has 1 fully saturated rings. The molecular formula is C19H18N4O2. The molecule has 2 amide bonds. The zero-order chi connectivity index (χ0) is 17.2. The molecule has 2 N–H and O–H groups in total. The molecule has 1 atom stereocenters. The first kappa shape index (κ1) is 15.4. The lowest BCUT2D eigenvalue weighted by molar-refractivity contribution is -0.128. The lowest BCUT2D eigenvalue weighted by Gasteiger charge is -2.16. The van der Waals surface area contributed by atoms with Crippen LogP contribution in [0.3, 0.4) is 0 Å². The summed E-state index contributed by atoms with van der Waals surface area (Å²) in [6.07, 6.45) is 0.235. The molecule has 0 radical (unpaired) electrons. The Hall–Kier alpha value is -3.15. The highest BCUT2D eigenvalue weighted by molar-refractivity contribution is 5.97. The zero-order valence-electron chi connectivity index (χ0n) is 13.6. The van der Waals surface area contributed by atoms with E-state index in [4.69, 9.17) is 0 Å². The molecule has 126 valence electrons. The van der Waals surface area contributed by atoms with Crippen molar-refractivity contribution in [1.82, 2.24) is 14.9 Å². The fraction of sp³-hybridized carbons (Fsp3) is 0.211. The number of nitrogens with zero attached hydrogens (tertiary/aromatic N) is 2. The molecule has 4 rings (SSSR count). The van der Waals surface area contributed by atoms with Gasteiger partial charge in [0.2, 0.25) is 17.8 Å². The summed E-state index contributed by atoms with van der Waals surface area (Å²) < 4.78 is 0. The number of nitrogens with one attached hydrogen (secondary N) is 2. The normalized spacial score (nSPS) is 17.2. The van der Waals surface area contributed by atoms with Crippen LogP contribution in [0.25, 0.3) is 11.0 Å². The van der Waals surface area contributed by atoms with Crippen molar-refractivity contribution in [3.63, 3.8) is 0 Å². The Morgan fingerprint density at radius 3 is 2.72 bits per heavy atom. The van der Waals surface area contributed by atoms with Crippen LogP contribution in [0.15, 0.2) is 54.6 Å². The Bertz CT molecular complexity index is 886. The summed E-state index contributed by atoms with van der Waals surface area (Å²) in [7, 11) is 0. The van der Waals surface area contributed by atoms with Crippen LogP contribution in [0.4, 0.5) is 5.95 Å². The molecule has 1 aliphatic heterocycles. The number of H-pyrrole nitrogens is 1. The van der Waals surface area contributed by atoms with Crippen LogP contribution < -0.4 is 5.32 Å². The molecule has 0 bridgehead atoms. The first-order valence-corrected chi connectivity index (χ1v) is 8.26. The summed E-state index contributed by atoms with van der Waals surface area (Å²) >= 11 is 0. The molecule has 0 unspecified atom stereocenters. The second kappa shape index (κ2) is 6.39. The maximum Gasteiger partial charge on any atom is 0.232 e. The van der Waals surface area contributed by atoms with E-state index in [1.165, 1.54) is 0 Å². The fourth-order valence-electron chi connectivity index (χ4n) is 3.14. The number of para-hydroxylation sites is 2. The molecule has 0 saturated carbocycles. The monoisotopic (exact) mass is 334 g/mol. The summed E-state index contributed by atoms with van der Waals surface area (Å²) in [4.78, 5) is 33.8. The van der Waals surface area contributed by atoms with Crippen LogP contribution >= 0.6 is 0 Å². The van der Waals surface area contributed by atoms with Gasteiger partial charge in [0.15, 0.2) is 0 Å². The van der Waals surface area contributed by atoms with Gasteiger partial charge >= 0.3 is 0 Å². The van der Waals surface area contributed by atoms with Crippen molar-refractivity contribution in [2.24, 2.45) is 5.92 Å². The molecule has 1 saturated heterocycles. The average Bonchev–Trinajstić information content (AvgIpc) is 3.19. The van der Waals surface area contributed by atoms with Crippen molar-refractivity contribution < 1.29 is 9.59 Å². The van der Waals surface area contributed by atoms with E-state index in [1.807, 2.05) is 54.6 Å². The molecule has 6 heteroatoms. The number of aromatic amines is 1. The molecule has 25 heavy (non-hydrogen) atoms. The Morgan fingerprint density at radius 2 is 1.92 bits per heavy atom. The molecule has 0 spiro atoms. The van der Waals surface area contributed by atoms with Gasteiger partial charge in [0.1, 0.15) is 0 Å². The van der Waals surface area contributed by atoms with Crippen LogP contribution in [0.2, 0.25) is 0 Å². The van der Waals surface area contributed by atoms with Gasteiger partial charge in [-0.05, 0) is 17.7 Å². The number of likely N-dealkylation sites (tertiary alicyclic amines) is 1. The van der Waals surface area contributed by atoms with Gasteiger partial charge in [0, 0.05) is 19.5 Å². The van der Waals surface area contributed by atoms with Crippen LogP contribution in [-0.4, -0.2) is 33.2 Å². The fourth-order valence-corrected chi connectivity index (χ4v) is 3.14. The van der Waals surface area contributed by atoms with Gasteiger partial charge in [-0.3, -0.25) is 14.9 Å². The third-order valence-electron chi connectivity index (χ3n) is 4.43. The minimum Gasteiger partial charge on any atom is -0.338 e. The van der Waals surface area contributed by atoms with E-state index >= 15 is 0 Å². The number of carbonyl (C=O) groups excluding carboxylic acids is 2. The van der Waals surface area contributed by atoms with Crippen LogP contribution in [-0.2, 0) is 16.1 Å². The van der Waals surface area contributed by atoms with E-state index in [1.54, 1.807) is 4.90 Å². The summed E-state index contributed by atoms with van der Waals surface area (Å²) in [5.41, 5.74) is 2.73. The number of aromatic nitrogens is 2. The number of carbonyl (C=O) groups is 2. The summed E-state index contributed by atoms with van der Waals surface area (Å²) in [5, 5.41) is 2.79. The number of rotatable bonds is 4. The Morgan fingerprint density at radius 1 is 1.16 bits per heavy atom. The van der Waals surface area contributed by atoms with Crippen LogP contribution in [0.1, 0.15) is 12.0 Å². The minimum absolute atomic E-state index is 0.00797. The summed E-state index contributed by atoms with van der Waals surface area (Å²) in [6.45, 7) is 0.966. The first-order chi connectivity index (χ1) is 12.2. The van der Waals surface area contributed by atoms with Crippen molar-refractivity contribution in [1.29, 1.82) is 0 Å². The standard InChI is InChI=1S/C19H18N4O2/c24-17-10-14(12-23(17)11-13-6-2-1-3-7-13)18(25)22-19-20-15-8-4-5-9-16(15)21-19/h1-9,14H,10-12H2,(H2,20,21,22,25)/t14-/m1/s1. The van der Waals surface area contributed by atoms with Gasteiger partial charge in [0.25, 0.3) is 0 Å². The van der Waals surface area contributed by atoms with Gasteiger partial charge in [-0.1, -0.05) is 42.5 Å². The van der Waals surface area contributed by atoms with Gasteiger partial charge in [0.05, 0.1) is 17.0 Å². The Labute approximate surface area is 144 Å². The number of imidazole rings is 1. The predicted molar refractivity (Wildman–Crippen MR) is 94.7 cm³/mol. The number of anilines is 1. The lowest BCUT2D eigenvalue weighted by atomic mass is 10.1. The van der Waals surface area contributed by atoms with E-state index in [0.717, 1.165) is 16.6 Å². The summed E-state index contributed by atoms with van der Waals surface area (Å²) in [5.74, 6) is -0.110. The van der Waals surface area contributed by atoms with E-state index in [2.05, 4.69) is 15.3 Å². The number of amides is 2. The van der Waals surface area contributed by atoms with Crippen molar-refractivity contribution in [3.05, 3.63) is 60.2 Å². The van der Waals surface area contributed by atoms with E-state index in [0.29, 0.717) is 19.0 Å². The number of hydrogen-bond donors (Lipinski definition) is 2. The van der Waals surface area contributed by atoms with E-state index in [-0.39, 0.29) is 24.2 Å². The second-order valence-electron chi connectivity index (χ2n) is 6.25. The molecule has 1 aliphatic rings. The number of benzene rings is 2. The van der Waals surface area contributed by atoms with E-state index < -0.39 is 0 Å². The quantitative estimate of drug-likeness (QED) is 0.770. The first-order valence-electron chi connectivity index (χ1n) is 8.26. The second-order valence-corrected chi connectivity index (χ2v) is 6.25. The minimum atomic E-state index is -0.357. The maximum atomic E-state index is 12.5. The van der Waals surface area contributed by atoms with Crippen molar-refractivity contribution in [3.8, 4) is 0 Å². The predicted octanol–water partition coefficient (Wildman–Crippen LogP) is 2.55. The molecule has 3 aromatic rings. The molecule has 0 aliphatic carbocycles. The Kier molecular flexibility index (Phi) is 3.93. The Balaban J connectivity index is 1.41. The van der Waals surface area contributed by atoms with Gasteiger partial charge in [-0.25, -0.2) is 4.98 Å². The lowest BCUT2D eigenvalue weighted by Crippen LogP contribution is -2.28. The SMILES string of the molecule is O=C(Nc1nc2ccccc2[nH]1)[C@@H]1CC(=O)N(Cc2ccccc2)C1. The largest absolute Gasteiger partial charge is 0.338 e. The van der Waals surface area contributed by atoms with Crippen molar-refractivity contribution in [2.45, 2.75) is 13.0 Å². The molecule has 2 aromatic carbocycles. The number of hydrogen-bond acceptors (Lipinski definition) is 3. The zero-order valence-corrected chi connectivity index (χ0v) is 13.6. The average molecular weight is 334 g/mol. The van der Waals surface area contributed by atoms with Gasteiger partial charge < -0.3 is 9.88 Å². The van der Waals surface area contributed by atoms with E-state index in [9.17, 15) is 9.59 Å². The smallest absolute Gasteiger partial charge is 0.232 e. The third kappa shape index (κ3) is 3.24. The molecule has 2 heterocycles. The van der Waals surface area contributed by atoms with Gasteiger partial charge in [-0.15, -0.1) is 0 Å². The van der Waals surface area contributed by atoms with Crippen LogP contribution in [0.5, 0.6) is 0 Å². The molecule has 6 nitrogen and oxygen atoms in total. The highest BCUT2D eigenvalue weighted by Crippen LogP contribution is 2.22. The van der Waals surface area contributed by atoms with Crippen LogP contribution in [0, 0.1) is 5.92 Å². The summed E-state index contributed by atoms with van der Waals surface area (Å²) in [6, 6.07) is 17.4. The topological polar surface area (TPSA) is 78.1 Å². The number of fused-ring (bicyclic) bond motifs is 1. The van der Waals surface area contributed by atoms with Crippen molar-refractivity contribution in [2.75, 3.05) is 11.9 Å².